The molecule has 0 saturated carbocycles. The molecule has 3 aromatic heterocycles. The highest BCUT2D eigenvalue weighted by molar-refractivity contribution is 7.20. The number of hydrogen-bond donors (Lipinski definition) is 1. The van der Waals surface area contributed by atoms with E-state index in [1.54, 1.807) is 6.92 Å². The smallest absolute Gasteiger partial charge is 0.214 e. The van der Waals surface area contributed by atoms with Crippen LogP contribution in [-0.4, -0.2) is 64.7 Å². The molecule has 132 valence electrons. The van der Waals surface area contributed by atoms with Gasteiger partial charge in [-0.2, -0.15) is 0 Å². The fourth-order valence-corrected chi connectivity index (χ4v) is 4.44. The highest BCUT2D eigenvalue weighted by Crippen LogP contribution is 2.31. The maximum absolute atomic E-state index is 11.5. The van der Waals surface area contributed by atoms with Gasteiger partial charge in [0.05, 0.1) is 29.2 Å². The monoisotopic (exact) mass is 377 g/mol. The zero-order valence-corrected chi connectivity index (χ0v) is 15.5. The van der Waals surface area contributed by atoms with Crippen molar-refractivity contribution in [3.63, 3.8) is 0 Å². The number of morpholine rings is 1. The van der Waals surface area contributed by atoms with Crippen LogP contribution < -0.4 is 5.32 Å². The number of Topliss-reactive ketones (excluding diaryl/α,β-unsaturated/α-hetero) is 1. The van der Waals surface area contributed by atoms with Gasteiger partial charge in [0, 0.05) is 26.2 Å². The molecule has 1 aliphatic rings. The molecular formula is C16H19N5O2S2. The minimum Gasteiger partial charge on any atom is -0.379 e. The molecule has 25 heavy (non-hydrogen) atoms. The number of carbonyl (C=O) groups excluding carboxylic acids is 1. The highest BCUT2D eigenvalue weighted by Gasteiger charge is 2.15. The van der Waals surface area contributed by atoms with E-state index in [0.717, 1.165) is 64.9 Å². The number of nitrogens with one attached hydrogen (secondary N) is 1. The lowest BCUT2D eigenvalue weighted by Gasteiger charge is -2.26. The van der Waals surface area contributed by atoms with Crippen molar-refractivity contribution < 1.29 is 9.53 Å². The molecule has 0 spiro atoms. The minimum atomic E-state index is 0.0840. The summed E-state index contributed by atoms with van der Waals surface area (Å²) in [4.78, 5) is 20.9. The first kappa shape index (κ1) is 16.6. The Kier molecular flexibility index (Phi) is 4.80. The lowest BCUT2D eigenvalue weighted by atomic mass is 10.3. The Balaban J connectivity index is 1.45. The Morgan fingerprint density at radius 3 is 2.92 bits per heavy atom. The number of thiophene rings is 1. The Labute approximate surface area is 153 Å². The molecule has 0 aromatic carbocycles. The van der Waals surface area contributed by atoms with Gasteiger partial charge in [0.25, 0.3) is 0 Å². The van der Waals surface area contributed by atoms with E-state index in [4.69, 9.17) is 4.74 Å². The van der Waals surface area contributed by atoms with Crippen molar-refractivity contribution >= 4 is 38.5 Å². The lowest BCUT2D eigenvalue weighted by molar-refractivity contribution is 0.0398. The standard InChI is InChI=1S/C16H19N5O2S2/c1-11(22)13-2-3-14(24-13)12-10-18-16-21(12)19-15(25-16)17-4-5-20-6-8-23-9-7-20/h2-3,10H,4-9H2,1H3,(H,17,19). The number of aromatic nitrogens is 3. The van der Waals surface area contributed by atoms with Crippen LogP contribution in [0.2, 0.25) is 0 Å². The molecule has 1 aliphatic heterocycles. The highest BCUT2D eigenvalue weighted by atomic mass is 32.1. The Bertz CT molecular complexity index is 878. The molecule has 4 rings (SSSR count). The van der Waals surface area contributed by atoms with Crippen LogP contribution in [0.5, 0.6) is 0 Å². The van der Waals surface area contributed by atoms with E-state index < -0.39 is 0 Å². The lowest BCUT2D eigenvalue weighted by Crippen LogP contribution is -2.39. The van der Waals surface area contributed by atoms with E-state index in [1.165, 1.54) is 22.7 Å². The van der Waals surface area contributed by atoms with Crippen LogP contribution in [0.25, 0.3) is 15.5 Å². The second-order valence-electron chi connectivity index (χ2n) is 5.85. The van der Waals surface area contributed by atoms with E-state index >= 15 is 0 Å². The van der Waals surface area contributed by atoms with Crippen molar-refractivity contribution in [3.8, 4) is 10.6 Å². The molecule has 0 bridgehead atoms. The molecule has 0 atom stereocenters. The predicted molar refractivity (Wildman–Crippen MR) is 99.9 cm³/mol. The molecule has 4 heterocycles. The first-order valence-electron chi connectivity index (χ1n) is 8.20. The van der Waals surface area contributed by atoms with Crippen LogP contribution in [0.15, 0.2) is 18.3 Å². The number of fused-ring (bicyclic) bond motifs is 1. The van der Waals surface area contributed by atoms with Crippen molar-refractivity contribution in [2.24, 2.45) is 0 Å². The first-order chi connectivity index (χ1) is 12.2. The summed E-state index contributed by atoms with van der Waals surface area (Å²) in [6, 6.07) is 3.81. The second kappa shape index (κ2) is 7.20. The third-order valence-corrected chi connectivity index (χ3v) is 6.19. The fraction of sp³-hybridized carbons (Fsp3) is 0.438. The van der Waals surface area contributed by atoms with Crippen molar-refractivity contribution in [2.45, 2.75) is 6.92 Å². The van der Waals surface area contributed by atoms with Gasteiger partial charge in [-0.05, 0) is 19.1 Å². The molecule has 0 amide bonds. The summed E-state index contributed by atoms with van der Waals surface area (Å²) in [5.74, 6) is 0.0840. The molecule has 0 unspecified atom stereocenters. The number of ketones is 1. The van der Waals surface area contributed by atoms with E-state index in [-0.39, 0.29) is 5.78 Å². The van der Waals surface area contributed by atoms with Crippen molar-refractivity contribution in [3.05, 3.63) is 23.2 Å². The maximum atomic E-state index is 11.5. The number of nitrogens with zero attached hydrogens (tertiary/aromatic N) is 4. The third kappa shape index (κ3) is 3.59. The molecule has 9 heteroatoms. The van der Waals surface area contributed by atoms with Crippen LogP contribution in [-0.2, 0) is 4.74 Å². The van der Waals surface area contributed by atoms with Gasteiger partial charge in [-0.3, -0.25) is 9.69 Å². The molecule has 7 nitrogen and oxygen atoms in total. The minimum absolute atomic E-state index is 0.0840. The van der Waals surface area contributed by atoms with Crippen LogP contribution in [0.4, 0.5) is 5.13 Å². The number of rotatable bonds is 6. The number of imidazole rings is 1. The Morgan fingerprint density at radius 2 is 2.16 bits per heavy atom. The van der Waals surface area contributed by atoms with Gasteiger partial charge in [-0.15, -0.1) is 16.4 Å². The zero-order valence-electron chi connectivity index (χ0n) is 13.9. The van der Waals surface area contributed by atoms with E-state index in [2.05, 4.69) is 20.3 Å². The van der Waals surface area contributed by atoms with Crippen molar-refractivity contribution in [1.29, 1.82) is 0 Å². The molecule has 3 aromatic rings. The van der Waals surface area contributed by atoms with Crippen molar-refractivity contribution in [1.82, 2.24) is 19.5 Å². The van der Waals surface area contributed by atoms with Gasteiger partial charge in [-0.1, -0.05) is 11.3 Å². The quantitative estimate of drug-likeness (QED) is 0.666. The summed E-state index contributed by atoms with van der Waals surface area (Å²) in [5, 5.41) is 8.87. The zero-order chi connectivity index (χ0) is 17.2. The average molecular weight is 377 g/mol. The summed E-state index contributed by atoms with van der Waals surface area (Å²) in [6.07, 6.45) is 1.81. The summed E-state index contributed by atoms with van der Waals surface area (Å²) < 4.78 is 7.21. The molecule has 1 saturated heterocycles. The number of ether oxygens (including phenoxy) is 1. The molecule has 1 N–H and O–H groups in total. The molecule has 1 fully saturated rings. The van der Waals surface area contributed by atoms with Gasteiger partial charge in [0.2, 0.25) is 10.1 Å². The summed E-state index contributed by atoms with van der Waals surface area (Å²) in [6.45, 7) is 7.02. The van der Waals surface area contributed by atoms with Gasteiger partial charge in [0.1, 0.15) is 5.69 Å². The van der Waals surface area contributed by atoms with Crippen LogP contribution in [0.1, 0.15) is 16.6 Å². The van der Waals surface area contributed by atoms with E-state index in [0.29, 0.717) is 0 Å². The van der Waals surface area contributed by atoms with Gasteiger partial charge in [-0.25, -0.2) is 9.50 Å². The predicted octanol–water partition coefficient (Wildman–Crippen LogP) is 2.47. The number of anilines is 1. The Morgan fingerprint density at radius 1 is 1.32 bits per heavy atom. The van der Waals surface area contributed by atoms with Gasteiger partial charge < -0.3 is 10.1 Å². The maximum Gasteiger partial charge on any atom is 0.214 e. The van der Waals surface area contributed by atoms with E-state index in [1.807, 2.05) is 22.8 Å². The molecule has 0 aliphatic carbocycles. The molecule has 0 radical (unpaired) electrons. The van der Waals surface area contributed by atoms with Crippen LogP contribution >= 0.6 is 22.7 Å². The second-order valence-corrected chi connectivity index (χ2v) is 7.89. The van der Waals surface area contributed by atoms with E-state index in [9.17, 15) is 4.79 Å². The van der Waals surface area contributed by atoms with Crippen LogP contribution in [0, 0.1) is 0 Å². The number of hydrogen-bond acceptors (Lipinski definition) is 8. The summed E-state index contributed by atoms with van der Waals surface area (Å²) in [5.41, 5.74) is 0.921. The fourth-order valence-electron chi connectivity index (χ4n) is 2.74. The summed E-state index contributed by atoms with van der Waals surface area (Å²) in [7, 11) is 0. The third-order valence-electron chi connectivity index (χ3n) is 4.10. The van der Waals surface area contributed by atoms with Crippen LogP contribution in [0.3, 0.4) is 0 Å². The van der Waals surface area contributed by atoms with Gasteiger partial charge >= 0.3 is 0 Å². The SMILES string of the molecule is CC(=O)c1ccc(-c2cnc3sc(NCCN4CCOCC4)nn23)s1. The topological polar surface area (TPSA) is 71.8 Å². The number of carbonyl (C=O) groups is 1. The average Bonchev–Trinajstić information content (AvgIpc) is 3.30. The van der Waals surface area contributed by atoms with Gasteiger partial charge in [0.15, 0.2) is 5.78 Å². The van der Waals surface area contributed by atoms with Crippen molar-refractivity contribution in [2.75, 3.05) is 44.7 Å². The summed E-state index contributed by atoms with van der Waals surface area (Å²) >= 11 is 3.01. The Hall–Kier alpha value is -1.81. The molecular weight excluding hydrogens is 358 g/mol. The first-order valence-corrected chi connectivity index (χ1v) is 9.84. The largest absolute Gasteiger partial charge is 0.379 e. The normalized spacial score (nSPS) is 15.7.